The molecular weight excluding hydrogens is 417 g/mol. The van der Waals surface area contributed by atoms with Crippen LogP contribution in [0.4, 0.5) is 15.8 Å². The zero-order valence-electron chi connectivity index (χ0n) is 15.4. The third kappa shape index (κ3) is 5.78. The van der Waals surface area contributed by atoms with Crippen LogP contribution in [0, 0.1) is 5.82 Å². The number of hydrogen-bond donors (Lipinski definition) is 2. The first-order valence-corrected chi connectivity index (χ1v) is 9.89. The number of rotatable bonds is 7. The topological polar surface area (TPSA) is 88.9 Å². The van der Waals surface area contributed by atoms with E-state index in [0.29, 0.717) is 27.4 Å². The molecule has 0 aliphatic rings. The fourth-order valence-electron chi connectivity index (χ4n) is 2.39. The molecule has 0 aliphatic carbocycles. The first-order valence-electron chi connectivity index (χ1n) is 8.53. The Bertz CT molecular complexity index is 1030. The predicted octanol–water partition coefficient (Wildman–Crippen LogP) is 3.52. The van der Waals surface area contributed by atoms with Crippen molar-refractivity contribution in [3.63, 3.8) is 0 Å². The van der Waals surface area contributed by atoms with Crippen molar-refractivity contribution >= 4 is 46.6 Å². The van der Waals surface area contributed by atoms with E-state index >= 15 is 0 Å². The number of halogens is 2. The molecule has 150 valence electrons. The molecule has 1 heterocycles. The molecule has 0 saturated carbocycles. The summed E-state index contributed by atoms with van der Waals surface area (Å²) in [5.74, 6) is -0.366. The van der Waals surface area contributed by atoms with Crippen LogP contribution in [-0.4, -0.2) is 32.3 Å². The van der Waals surface area contributed by atoms with Crippen LogP contribution < -0.4 is 10.6 Å². The van der Waals surface area contributed by atoms with Crippen LogP contribution in [0.25, 0.3) is 0 Å². The van der Waals surface area contributed by atoms with Crippen molar-refractivity contribution in [3.8, 4) is 0 Å². The van der Waals surface area contributed by atoms with E-state index in [2.05, 4.69) is 20.8 Å². The molecule has 10 heteroatoms. The maximum atomic E-state index is 12.9. The lowest BCUT2D eigenvalue weighted by atomic mass is 10.3. The van der Waals surface area contributed by atoms with Gasteiger partial charge < -0.3 is 15.2 Å². The molecule has 2 N–H and O–H groups in total. The summed E-state index contributed by atoms with van der Waals surface area (Å²) in [4.78, 5) is 24.3. The lowest BCUT2D eigenvalue weighted by Gasteiger charge is -2.07. The van der Waals surface area contributed by atoms with E-state index in [1.165, 1.54) is 36.0 Å². The van der Waals surface area contributed by atoms with Crippen molar-refractivity contribution in [1.29, 1.82) is 0 Å². The number of aromatic nitrogens is 3. The monoisotopic (exact) mass is 433 g/mol. The number of carbonyl (C=O) groups is 2. The lowest BCUT2D eigenvalue weighted by molar-refractivity contribution is -0.116. The Morgan fingerprint density at radius 2 is 1.79 bits per heavy atom. The highest BCUT2D eigenvalue weighted by molar-refractivity contribution is 7.99. The minimum atomic E-state index is -0.373. The quantitative estimate of drug-likeness (QED) is 0.556. The fourth-order valence-corrected chi connectivity index (χ4v) is 3.30. The third-order valence-electron chi connectivity index (χ3n) is 3.85. The van der Waals surface area contributed by atoms with Gasteiger partial charge in [0.05, 0.1) is 22.9 Å². The van der Waals surface area contributed by atoms with Crippen molar-refractivity contribution in [2.75, 3.05) is 16.4 Å². The Hall–Kier alpha value is -2.91. The van der Waals surface area contributed by atoms with Crippen molar-refractivity contribution in [1.82, 2.24) is 14.8 Å². The van der Waals surface area contributed by atoms with E-state index in [0.717, 1.165) is 0 Å². The molecule has 0 spiro atoms. The molecule has 1 aromatic heterocycles. The molecule has 2 amide bonds. The largest absolute Gasteiger partial charge is 0.325 e. The van der Waals surface area contributed by atoms with Gasteiger partial charge in [-0.15, -0.1) is 10.2 Å². The molecule has 29 heavy (non-hydrogen) atoms. The number of hydrogen-bond acceptors (Lipinski definition) is 5. The second kappa shape index (κ2) is 9.53. The van der Waals surface area contributed by atoms with E-state index in [-0.39, 0.29) is 29.8 Å². The Morgan fingerprint density at radius 1 is 1.07 bits per heavy atom. The summed E-state index contributed by atoms with van der Waals surface area (Å²) in [7, 11) is 1.72. The number of thioether (sulfide) groups is 1. The highest BCUT2D eigenvalue weighted by atomic mass is 35.5. The van der Waals surface area contributed by atoms with E-state index in [1.54, 1.807) is 35.9 Å². The smallest absolute Gasteiger partial charge is 0.234 e. The van der Waals surface area contributed by atoms with E-state index in [9.17, 15) is 14.0 Å². The highest BCUT2D eigenvalue weighted by Crippen LogP contribution is 2.21. The number of benzene rings is 2. The molecule has 3 aromatic rings. The molecule has 0 saturated heterocycles. The lowest BCUT2D eigenvalue weighted by Crippen LogP contribution is -2.17. The number of para-hydroxylation sites is 1. The molecule has 7 nitrogen and oxygen atoms in total. The Morgan fingerprint density at radius 3 is 2.52 bits per heavy atom. The summed E-state index contributed by atoms with van der Waals surface area (Å²) in [6.45, 7) is 0. The maximum Gasteiger partial charge on any atom is 0.234 e. The summed E-state index contributed by atoms with van der Waals surface area (Å²) in [6, 6.07) is 12.4. The number of nitrogens with zero attached hydrogens (tertiary/aromatic N) is 3. The van der Waals surface area contributed by atoms with Crippen LogP contribution >= 0.6 is 23.4 Å². The Balaban J connectivity index is 1.53. The average molecular weight is 434 g/mol. The molecule has 0 fully saturated rings. The van der Waals surface area contributed by atoms with E-state index < -0.39 is 0 Å². The van der Waals surface area contributed by atoms with Gasteiger partial charge in [0.15, 0.2) is 5.16 Å². The summed E-state index contributed by atoms with van der Waals surface area (Å²) >= 11 is 7.22. The summed E-state index contributed by atoms with van der Waals surface area (Å²) in [5, 5.41) is 14.4. The van der Waals surface area contributed by atoms with Gasteiger partial charge in [-0.25, -0.2) is 4.39 Å². The van der Waals surface area contributed by atoms with Gasteiger partial charge in [-0.2, -0.15) is 0 Å². The second-order valence-corrected chi connectivity index (χ2v) is 7.36. The highest BCUT2D eigenvalue weighted by Gasteiger charge is 2.15. The maximum absolute atomic E-state index is 12.9. The fraction of sp³-hybridized carbons (Fsp3) is 0.158. The normalized spacial score (nSPS) is 10.6. The van der Waals surface area contributed by atoms with Gasteiger partial charge in [-0.1, -0.05) is 35.5 Å². The van der Waals surface area contributed by atoms with Crippen molar-refractivity contribution < 1.29 is 14.0 Å². The van der Waals surface area contributed by atoms with Crippen molar-refractivity contribution in [2.45, 2.75) is 11.6 Å². The van der Waals surface area contributed by atoms with Crippen LogP contribution in [0.3, 0.4) is 0 Å². The van der Waals surface area contributed by atoms with Gasteiger partial charge in [0.25, 0.3) is 0 Å². The Labute approximate surface area is 175 Å². The average Bonchev–Trinajstić information content (AvgIpc) is 3.03. The van der Waals surface area contributed by atoms with Crippen LogP contribution in [0.5, 0.6) is 0 Å². The minimum Gasteiger partial charge on any atom is -0.325 e. The third-order valence-corrected chi connectivity index (χ3v) is 5.20. The van der Waals surface area contributed by atoms with Gasteiger partial charge in [-0.3, -0.25) is 9.59 Å². The van der Waals surface area contributed by atoms with Gasteiger partial charge in [0, 0.05) is 12.7 Å². The first kappa shape index (κ1) is 20.8. The summed E-state index contributed by atoms with van der Waals surface area (Å²) < 4.78 is 14.6. The minimum absolute atomic E-state index is 0.0110. The van der Waals surface area contributed by atoms with Crippen LogP contribution in [-0.2, 0) is 23.1 Å². The molecular formula is C19H17ClFN5O2S. The van der Waals surface area contributed by atoms with Gasteiger partial charge in [0.2, 0.25) is 11.8 Å². The van der Waals surface area contributed by atoms with Gasteiger partial charge >= 0.3 is 0 Å². The number of nitrogens with one attached hydrogen (secondary N) is 2. The zero-order valence-corrected chi connectivity index (χ0v) is 16.9. The first-order chi connectivity index (χ1) is 13.9. The molecule has 0 aliphatic heterocycles. The molecule has 0 unspecified atom stereocenters. The van der Waals surface area contributed by atoms with Gasteiger partial charge in [0.1, 0.15) is 11.6 Å². The van der Waals surface area contributed by atoms with Crippen LogP contribution in [0.15, 0.2) is 53.7 Å². The standard InChI is InChI=1S/C19H17ClFN5O2S/c1-26-16(10-17(27)23-15-5-3-2-4-14(15)20)24-25-19(26)29-11-18(28)22-13-8-6-12(21)7-9-13/h2-9H,10-11H2,1H3,(H,22,28)(H,23,27). The summed E-state index contributed by atoms with van der Waals surface area (Å²) in [5.41, 5.74) is 1.03. The van der Waals surface area contributed by atoms with Crippen molar-refractivity contribution in [3.05, 3.63) is 65.2 Å². The number of carbonyl (C=O) groups excluding carboxylic acids is 2. The SMILES string of the molecule is Cn1c(CC(=O)Nc2ccccc2Cl)nnc1SCC(=O)Nc1ccc(F)cc1. The van der Waals surface area contributed by atoms with Crippen LogP contribution in [0.2, 0.25) is 5.02 Å². The molecule has 0 bridgehead atoms. The van der Waals surface area contributed by atoms with Crippen molar-refractivity contribution in [2.24, 2.45) is 7.05 Å². The van der Waals surface area contributed by atoms with E-state index in [1.807, 2.05) is 0 Å². The zero-order chi connectivity index (χ0) is 20.8. The number of anilines is 2. The van der Waals surface area contributed by atoms with Crippen LogP contribution in [0.1, 0.15) is 5.82 Å². The van der Waals surface area contributed by atoms with Gasteiger partial charge in [-0.05, 0) is 36.4 Å². The Kier molecular flexibility index (Phi) is 6.84. The molecule has 3 rings (SSSR count). The number of amides is 2. The molecule has 2 aromatic carbocycles. The molecule has 0 atom stereocenters. The second-order valence-electron chi connectivity index (χ2n) is 6.01. The van der Waals surface area contributed by atoms with E-state index in [4.69, 9.17) is 11.6 Å². The summed E-state index contributed by atoms with van der Waals surface area (Å²) in [6.07, 6.45) is 0.0110. The predicted molar refractivity (Wildman–Crippen MR) is 111 cm³/mol. The molecule has 0 radical (unpaired) electrons.